The van der Waals surface area contributed by atoms with Gasteiger partial charge < -0.3 is 14.8 Å². The molecule has 7 nitrogen and oxygen atoms in total. The molecule has 1 aliphatic heterocycles. The number of hydrogen-bond acceptors (Lipinski definition) is 6. The van der Waals surface area contributed by atoms with E-state index in [-0.39, 0.29) is 12.1 Å². The van der Waals surface area contributed by atoms with E-state index in [1.807, 2.05) is 22.9 Å². The first kappa shape index (κ1) is 17.3. The molecule has 140 valence electrons. The summed E-state index contributed by atoms with van der Waals surface area (Å²) >= 11 is 0. The Balaban J connectivity index is 1.74. The highest BCUT2D eigenvalue weighted by Crippen LogP contribution is 2.41. The number of ether oxygens (including phenoxy) is 2. The largest absolute Gasteiger partial charge is 0.497 e. The molecule has 3 aromatic rings. The first-order chi connectivity index (χ1) is 13.2. The first-order valence-corrected chi connectivity index (χ1v) is 9.08. The summed E-state index contributed by atoms with van der Waals surface area (Å²) in [5.41, 5.74) is 3.54. The molecule has 4 rings (SSSR count). The third-order valence-electron chi connectivity index (χ3n) is 5.14. The van der Waals surface area contributed by atoms with Crippen LogP contribution in [-0.2, 0) is 6.42 Å². The summed E-state index contributed by atoms with van der Waals surface area (Å²) in [6, 6.07) is 14.6. The second kappa shape index (κ2) is 7.26. The zero-order valence-electron chi connectivity index (χ0n) is 15.7. The van der Waals surface area contributed by atoms with E-state index in [2.05, 4.69) is 52.0 Å². The van der Waals surface area contributed by atoms with Gasteiger partial charge in [-0.3, -0.25) is 0 Å². The fraction of sp³-hybridized carbons (Fsp3) is 0.350. The number of tetrazole rings is 1. The molecule has 1 aliphatic rings. The third-order valence-corrected chi connectivity index (χ3v) is 5.14. The Bertz CT molecular complexity index is 922. The SMILES string of the molecule is CCc1ccc([C@@H]2C[C@@H](c3cc(OC)ccc3OC)n3nnnc3N2)cc1. The Morgan fingerprint density at radius 1 is 1.11 bits per heavy atom. The Hall–Kier alpha value is -3.09. The van der Waals surface area contributed by atoms with Crippen molar-refractivity contribution in [3.05, 3.63) is 59.2 Å². The molecule has 2 atom stereocenters. The predicted molar refractivity (Wildman–Crippen MR) is 102 cm³/mol. The van der Waals surface area contributed by atoms with Crippen LogP contribution in [0.1, 0.15) is 42.1 Å². The average Bonchev–Trinajstić information content (AvgIpc) is 3.21. The van der Waals surface area contributed by atoms with E-state index in [9.17, 15) is 0 Å². The van der Waals surface area contributed by atoms with Crippen LogP contribution in [0, 0.1) is 0 Å². The number of benzene rings is 2. The number of aryl methyl sites for hydroxylation is 1. The number of fused-ring (bicyclic) bond motifs is 1. The molecule has 0 radical (unpaired) electrons. The smallest absolute Gasteiger partial charge is 0.243 e. The lowest BCUT2D eigenvalue weighted by Gasteiger charge is -2.31. The van der Waals surface area contributed by atoms with Crippen LogP contribution in [0.4, 0.5) is 5.95 Å². The van der Waals surface area contributed by atoms with Crippen LogP contribution in [0.3, 0.4) is 0 Å². The van der Waals surface area contributed by atoms with Crippen molar-refractivity contribution in [2.75, 3.05) is 19.5 Å². The van der Waals surface area contributed by atoms with Gasteiger partial charge in [-0.2, -0.15) is 0 Å². The van der Waals surface area contributed by atoms with Crippen molar-refractivity contribution in [3.63, 3.8) is 0 Å². The van der Waals surface area contributed by atoms with Crippen molar-refractivity contribution >= 4 is 5.95 Å². The van der Waals surface area contributed by atoms with Crippen molar-refractivity contribution in [2.24, 2.45) is 0 Å². The number of hydrogen-bond donors (Lipinski definition) is 1. The fourth-order valence-electron chi connectivity index (χ4n) is 3.60. The number of aromatic nitrogens is 4. The summed E-state index contributed by atoms with van der Waals surface area (Å²) in [4.78, 5) is 0. The molecule has 0 fully saturated rings. The number of anilines is 1. The second-order valence-corrected chi connectivity index (χ2v) is 6.60. The first-order valence-electron chi connectivity index (χ1n) is 9.08. The van der Waals surface area contributed by atoms with E-state index in [1.165, 1.54) is 11.1 Å². The minimum Gasteiger partial charge on any atom is -0.497 e. The number of nitrogens with zero attached hydrogens (tertiary/aromatic N) is 4. The van der Waals surface area contributed by atoms with E-state index in [0.29, 0.717) is 5.95 Å². The third kappa shape index (κ3) is 3.20. The van der Waals surface area contributed by atoms with Gasteiger partial charge in [0.2, 0.25) is 5.95 Å². The van der Waals surface area contributed by atoms with Crippen molar-refractivity contribution in [1.82, 2.24) is 20.2 Å². The minimum atomic E-state index is -0.0582. The van der Waals surface area contributed by atoms with E-state index < -0.39 is 0 Å². The number of nitrogens with one attached hydrogen (secondary N) is 1. The fourth-order valence-corrected chi connectivity index (χ4v) is 3.60. The summed E-state index contributed by atoms with van der Waals surface area (Å²) in [7, 11) is 3.34. The maximum absolute atomic E-state index is 5.60. The Labute approximate surface area is 158 Å². The van der Waals surface area contributed by atoms with Crippen LogP contribution >= 0.6 is 0 Å². The molecule has 2 aromatic carbocycles. The van der Waals surface area contributed by atoms with Crippen molar-refractivity contribution in [2.45, 2.75) is 31.8 Å². The van der Waals surface area contributed by atoms with Crippen LogP contribution in [0.15, 0.2) is 42.5 Å². The maximum Gasteiger partial charge on any atom is 0.243 e. The highest BCUT2D eigenvalue weighted by Gasteiger charge is 2.32. The van der Waals surface area contributed by atoms with E-state index >= 15 is 0 Å². The van der Waals surface area contributed by atoms with E-state index in [0.717, 1.165) is 29.9 Å². The highest BCUT2D eigenvalue weighted by molar-refractivity contribution is 5.46. The van der Waals surface area contributed by atoms with Gasteiger partial charge in [-0.15, -0.1) is 0 Å². The standard InChI is InChI=1S/C20H23N5O2/c1-4-13-5-7-14(8-6-13)17-12-18(25-20(21-17)22-23-24-25)16-11-15(26-2)9-10-19(16)27-3/h5-11,17-18H,4,12H2,1-3H3,(H,21,22,24)/t17-,18-/m0/s1. The molecule has 0 saturated carbocycles. The van der Waals surface area contributed by atoms with Crippen LogP contribution in [0.5, 0.6) is 11.5 Å². The van der Waals surface area contributed by atoms with Crippen molar-refractivity contribution in [3.8, 4) is 11.5 Å². The maximum atomic E-state index is 5.60. The summed E-state index contributed by atoms with van der Waals surface area (Å²) in [5, 5.41) is 15.7. The van der Waals surface area contributed by atoms with Crippen molar-refractivity contribution in [1.29, 1.82) is 0 Å². The lowest BCUT2D eigenvalue weighted by atomic mass is 9.92. The Morgan fingerprint density at radius 2 is 1.93 bits per heavy atom. The average molecular weight is 365 g/mol. The molecule has 0 amide bonds. The summed E-state index contributed by atoms with van der Waals surface area (Å²) in [5.74, 6) is 2.23. The lowest BCUT2D eigenvalue weighted by molar-refractivity contribution is 0.371. The Kier molecular flexibility index (Phi) is 4.66. The molecule has 2 heterocycles. The monoisotopic (exact) mass is 365 g/mol. The molecule has 0 spiro atoms. The quantitative estimate of drug-likeness (QED) is 0.747. The predicted octanol–water partition coefficient (Wildman–Crippen LogP) is 3.40. The van der Waals surface area contributed by atoms with Gasteiger partial charge in [0.25, 0.3) is 0 Å². The molecular weight excluding hydrogens is 342 g/mol. The molecule has 0 unspecified atom stereocenters. The number of rotatable bonds is 5. The molecule has 0 aliphatic carbocycles. The molecule has 1 aromatic heterocycles. The molecule has 27 heavy (non-hydrogen) atoms. The van der Waals surface area contributed by atoms with Crippen LogP contribution in [-0.4, -0.2) is 34.4 Å². The highest BCUT2D eigenvalue weighted by atomic mass is 16.5. The Morgan fingerprint density at radius 3 is 2.63 bits per heavy atom. The van der Waals surface area contributed by atoms with Gasteiger partial charge >= 0.3 is 0 Å². The van der Waals surface area contributed by atoms with Gasteiger partial charge in [-0.25, -0.2) is 4.68 Å². The van der Waals surface area contributed by atoms with Gasteiger partial charge in [-0.1, -0.05) is 36.3 Å². The van der Waals surface area contributed by atoms with Crippen LogP contribution < -0.4 is 14.8 Å². The zero-order valence-corrected chi connectivity index (χ0v) is 15.7. The van der Waals surface area contributed by atoms with Gasteiger partial charge in [0, 0.05) is 5.56 Å². The summed E-state index contributed by atoms with van der Waals surface area (Å²) in [6.07, 6.45) is 1.83. The van der Waals surface area contributed by atoms with Gasteiger partial charge in [-0.05, 0) is 52.6 Å². The zero-order chi connectivity index (χ0) is 18.8. The van der Waals surface area contributed by atoms with Gasteiger partial charge in [0.1, 0.15) is 11.5 Å². The molecule has 1 N–H and O–H groups in total. The van der Waals surface area contributed by atoms with Crippen LogP contribution in [0.25, 0.3) is 0 Å². The van der Waals surface area contributed by atoms with E-state index in [1.54, 1.807) is 14.2 Å². The normalized spacial score (nSPS) is 18.5. The van der Waals surface area contributed by atoms with E-state index in [4.69, 9.17) is 9.47 Å². The van der Waals surface area contributed by atoms with Gasteiger partial charge in [0.05, 0.1) is 26.3 Å². The van der Waals surface area contributed by atoms with Crippen molar-refractivity contribution < 1.29 is 9.47 Å². The molecule has 0 saturated heterocycles. The molecule has 7 heteroatoms. The van der Waals surface area contributed by atoms with Crippen LogP contribution in [0.2, 0.25) is 0 Å². The second-order valence-electron chi connectivity index (χ2n) is 6.60. The minimum absolute atomic E-state index is 0.0582. The topological polar surface area (TPSA) is 74.1 Å². The lowest BCUT2D eigenvalue weighted by Crippen LogP contribution is -2.28. The summed E-state index contributed by atoms with van der Waals surface area (Å²) < 4.78 is 12.8. The molecular formula is C20H23N5O2. The summed E-state index contributed by atoms with van der Waals surface area (Å²) in [6.45, 7) is 2.16. The number of methoxy groups -OCH3 is 2. The van der Waals surface area contributed by atoms with Gasteiger partial charge in [0.15, 0.2) is 0 Å². The molecule has 0 bridgehead atoms.